The number of nitrogens with zero attached hydrogens (tertiary/aromatic N) is 5. The second kappa shape index (κ2) is 9.55. The van der Waals surface area contributed by atoms with E-state index in [1.54, 1.807) is 24.4 Å². The van der Waals surface area contributed by atoms with Crippen LogP contribution in [0.1, 0.15) is 24.1 Å². The summed E-state index contributed by atoms with van der Waals surface area (Å²) in [5, 5.41) is 0. The lowest BCUT2D eigenvalue weighted by molar-refractivity contribution is -0.129. The highest BCUT2D eigenvalue weighted by Gasteiger charge is 2.20. The van der Waals surface area contributed by atoms with Crippen LogP contribution in [0.25, 0.3) is 11.1 Å². The number of carbonyl (C=O) groups is 1. The van der Waals surface area contributed by atoms with Crippen LogP contribution >= 0.6 is 0 Å². The van der Waals surface area contributed by atoms with Crippen molar-refractivity contribution < 1.29 is 9.53 Å². The van der Waals surface area contributed by atoms with E-state index in [0.29, 0.717) is 6.54 Å². The second-order valence-electron chi connectivity index (χ2n) is 7.70. The van der Waals surface area contributed by atoms with Gasteiger partial charge >= 0.3 is 0 Å². The number of para-hydroxylation sites is 1. The summed E-state index contributed by atoms with van der Waals surface area (Å²) in [6.07, 6.45) is 7.96. The molecule has 0 unspecified atom stereocenters. The van der Waals surface area contributed by atoms with E-state index in [1.807, 2.05) is 49.6 Å². The third-order valence-electron chi connectivity index (χ3n) is 5.58. The number of likely N-dealkylation sites (N-methyl/N-ethyl adjacent to an activating group) is 1. The molecule has 0 spiro atoms. The number of ether oxygens (including phenoxy) is 1. The number of aromatic nitrogens is 3. The van der Waals surface area contributed by atoms with Crippen molar-refractivity contribution in [1.29, 1.82) is 0 Å². The van der Waals surface area contributed by atoms with Gasteiger partial charge in [0.05, 0.1) is 25.8 Å². The minimum Gasteiger partial charge on any atom is -0.496 e. The molecule has 1 fully saturated rings. The molecular weight excluding hydrogens is 390 g/mol. The van der Waals surface area contributed by atoms with Gasteiger partial charge in [-0.2, -0.15) is 0 Å². The summed E-state index contributed by atoms with van der Waals surface area (Å²) in [4.78, 5) is 30.5. The summed E-state index contributed by atoms with van der Waals surface area (Å²) in [7, 11) is 3.43. The zero-order valence-electron chi connectivity index (χ0n) is 18.0. The number of methoxy groups -OCH3 is 1. The molecule has 0 saturated carbocycles. The fraction of sp³-hybridized carbons (Fsp3) is 0.333. The van der Waals surface area contributed by atoms with E-state index in [-0.39, 0.29) is 12.3 Å². The zero-order chi connectivity index (χ0) is 21.6. The van der Waals surface area contributed by atoms with Crippen LogP contribution in [-0.2, 0) is 17.8 Å². The van der Waals surface area contributed by atoms with Gasteiger partial charge < -0.3 is 14.5 Å². The van der Waals surface area contributed by atoms with E-state index in [4.69, 9.17) is 9.72 Å². The highest BCUT2D eigenvalue weighted by molar-refractivity contribution is 5.79. The van der Waals surface area contributed by atoms with Gasteiger partial charge in [-0.05, 0) is 36.6 Å². The predicted molar refractivity (Wildman–Crippen MR) is 120 cm³/mol. The maximum absolute atomic E-state index is 13.0. The molecule has 0 radical (unpaired) electrons. The van der Waals surface area contributed by atoms with Gasteiger partial charge in [-0.3, -0.25) is 9.78 Å². The van der Waals surface area contributed by atoms with Crippen molar-refractivity contribution >= 4 is 11.9 Å². The fourth-order valence-electron chi connectivity index (χ4n) is 3.83. The largest absolute Gasteiger partial charge is 0.496 e. The normalized spacial score (nSPS) is 13.3. The summed E-state index contributed by atoms with van der Waals surface area (Å²) in [6.45, 7) is 2.34. The summed E-state index contributed by atoms with van der Waals surface area (Å²) in [6, 6.07) is 11.5. The molecule has 1 aliphatic heterocycles. The molecule has 3 aromatic rings. The molecular formula is C24H27N5O2. The molecule has 0 N–H and O–H groups in total. The highest BCUT2D eigenvalue weighted by Crippen LogP contribution is 2.26. The standard InChI is InChI=1S/C24H27N5O2/c1-28(23(30)15-19-7-3-4-8-22(19)31-2)17-21-20(18-9-11-25-12-10-18)16-26-24(27-21)29-13-5-6-14-29/h3-4,7-12,16H,5-6,13-15,17H2,1-2H3. The van der Waals surface area contributed by atoms with Crippen LogP contribution in [-0.4, -0.2) is 53.0 Å². The van der Waals surface area contributed by atoms with Crippen LogP contribution in [0.5, 0.6) is 5.75 Å². The van der Waals surface area contributed by atoms with Gasteiger partial charge in [0, 0.05) is 49.9 Å². The summed E-state index contributed by atoms with van der Waals surface area (Å²) in [5.74, 6) is 1.46. The first-order valence-electron chi connectivity index (χ1n) is 10.5. The van der Waals surface area contributed by atoms with Crippen LogP contribution in [0, 0.1) is 0 Å². The SMILES string of the molecule is COc1ccccc1CC(=O)N(C)Cc1nc(N2CCCC2)ncc1-c1ccncc1. The first kappa shape index (κ1) is 20.8. The molecule has 160 valence electrons. The van der Waals surface area contributed by atoms with E-state index < -0.39 is 0 Å². The van der Waals surface area contributed by atoms with E-state index in [0.717, 1.165) is 60.0 Å². The lowest BCUT2D eigenvalue weighted by atomic mass is 10.1. The molecule has 1 aromatic carbocycles. The highest BCUT2D eigenvalue weighted by atomic mass is 16.5. The summed E-state index contributed by atoms with van der Waals surface area (Å²) >= 11 is 0. The molecule has 1 aliphatic rings. The average molecular weight is 418 g/mol. The Kier molecular flexibility index (Phi) is 6.40. The molecule has 0 aliphatic carbocycles. The number of benzene rings is 1. The Morgan fingerprint density at radius 3 is 2.61 bits per heavy atom. The van der Waals surface area contributed by atoms with Crippen molar-refractivity contribution in [3.63, 3.8) is 0 Å². The van der Waals surface area contributed by atoms with E-state index in [2.05, 4.69) is 14.9 Å². The Balaban J connectivity index is 1.59. The van der Waals surface area contributed by atoms with Crippen LogP contribution in [0.15, 0.2) is 55.0 Å². The van der Waals surface area contributed by atoms with Crippen molar-refractivity contribution in [3.05, 3.63) is 66.2 Å². The van der Waals surface area contributed by atoms with E-state index >= 15 is 0 Å². The van der Waals surface area contributed by atoms with Gasteiger partial charge in [0.1, 0.15) is 5.75 Å². The maximum Gasteiger partial charge on any atom is 0.227 e. The molecule has 7 nitrogen and oxygen atoms in total. The zero-order valence-corrected chi connectivity index (χ0v) is 18.0. The summed E-state index contributed by atoms with van der Waals surface area (Å²) < 4.78 is 5.39. The smallest absolute Gasteiger partial charge is 0.227 e. The van der Waals surface area contributed by atoms with Crippen molar-refractivity contribution in [1.82, 2.24) is 19.9 Å². The number of carbonyl (C=O) groups excluding carboxylic acids is 1. The molecule has 7 heteroatoms. The molecule has 1 saturated heterocycles. The fourth-order valence-corrected chi connectivity index (χ4v) is 3.83. The van der Waals surface area contributed by atoms with E-state index in [9.17, 15) is 4.79 Å². The predicted octanol–water partition coefficient (Wildman–Crippen LogP) is 3.35. The minimum absolute atomic E-state index is 0.00603. The Hall–Kier alpha value is -3.48. The quantitative estimate of drug-likeness (QED) is 0.587. The van der Waals surface area contributed by atoms with Crippen LogP contribution in [0.4, 0.5) is 5.95 Å². The Labute approximate surface area is 182 Å². The van der Waals surface area contributed by atoms with Gasteiger partial charge in [-0.1, -0.05) is 18.2 Å². The molecule has 0 atom stereocenters. The molecule has 3 heterocycles. The van der Waals surface area contributed by atoms with Crippen molar-refractivity contribution in [2.24, 2.45) is 0 Å². The third-order valence-corrected chi connectivity index (χ3v) is 5.58. The second-order valence-corrected chi connectivity index (χ2v) is 7.70. The van der Waals surface area contributed by atoms with Crippen LogP contribution < -0.4 is 9.64 Å². The Morgan fingerprint density at radius 1 is 1.13 bits per heavy atom. The molecule has 2 aromatic heterocycles. The van der Waals surface area contributed by atoms with Crippen molar-refractivity contribution in [2.45, 2.75) is 25.8 Å². The topological polar surface area (TPSA) is 71.5 Å². The number of hydrogen-bond acceptors (Lipinski definition) is 6. The first-order valence-corrected chi connectivity index (χ1v) is 10.5. The Morgan fingerprint density at radius 2 is 1.87 bits per heavy atom. The van der Waals surface area contributed by atoms with Gasteiger partial charge in [0.25, 0.3) is 0 Å². The number of amides is 1. The van der Waals surface area contributed by atoms with Gasteiger partial charge in [0.15, 0.2) is 0 Å². The lowest BCUT2D eigenvalue weighted by Crippen LogP contribution is -2.29. The number of rotatable bonds is 7. The van der Waals surface area contributed by atoms with Gasteiger partial charge in [-0.25, -0.2) is 9.97 Å². The average Bonchev–Trinajstić information content (AvgIpc) is 3.35. The van der Waals surface area contributed by atoms with Crippen LogP contribution in [0.2, 0.25) is 0 Å². The molecule has 1 amide bonds. The van der Waals surface area contributed by atoms with Gasteiger partial charge in [-0.15, -0.1) is 0 Å². The Bertz CT molecular complexity index is 1040. The van der Waals surface area contributed by atoms with Crippen molar-refractivity contribution in [3.8, 4) is 16.9 Å². The van der Waals surface area contributed by atoms with Crippen LogP contribution in [0.3, 0.4) is 0 Å². The number of anilines is 1. The maximum atomic E-state index is 13.0. The third kappa shape index (κ3) is 4.82. The van der Waals surface area contributed by atoms with Crippen molar-refractivity contribution in [2.75, 3.05) is 32.1 Å². The minimum atomic E-state index is 0.00603. The first-order chi connectivity index (χ1) is 15.2. The summed E-state index contributed by atoms with van der Waals surface area (Å²) in [5.41, 5.74) is 3.61. The van der Waals surface area contributed by atoms with Gasteiger partial charge in [0.2, 0.25) is 11.9 Å². The molecule has 0 bridgehead atoms. The monoisotopic (exact) mass is 417 g/mol. The van der Waals surface area contributed by atoms with E-state index in [1.165, 1.54) is 0 Å². The lowest BCUT2D eigenvalue weighted by Gasteiger charge is -2.21. The number of pyridine rings is 1. The molecule has 31 heavy (non-hydrogen) atoms. The molecule has 4 rings (SSSR count). The number of hydrogen-bond donors (Lipinski definition) is 0.